The molecule has 4 heteroatoms. The summed E-state index contributed by atoms with van der Waals surface area (Å²) >= 11 is 12.2. The third-order valence-corrected chi connectivity index (χ3v) is 5.37. The van der Waals surface area contributed by atoms with Gasteiger partial charge in [0.1, 0.15) is 0 Å². The first kappa shape index (κ1) is 16.6. The van der Waals surface area contributed by atoms with Crippen LogP contribution in [0.4, 0.5) is 0 Å². The lowest BCUT2D eigenvalue weighted by Gasteiger charge is -2.36. The minimum atomic E-state index is -0.674. The second-order valence-electron chi connectivity index (χ2n) is 6.46. The first-order chi connectivity index (χ1) is 9.88. The van der Waals surface area contributed by atoms with Crippen LogP contribution in [0.2, 0.25) is 10.0 Å². The zero-order chi connectivity index (χ0) is 15.6. The van der Waals surface area contributed by atoms with Crippen molar-refractivity contribution in [2.45, 2.75) is 39.5 Å². The predicted molar refractivity (Wildman–Crippen MR) is 87.0 cm³/mol. The molecule has 2 nitrogen and oxygen atoms in total. The van der Waals surface area contributed by atoms with Crippen molar-refractivity contribution in [3.05, 3.63) is 33.8 Å². The van der Waals surface area contributed by atoms with Crippen LogP contribution in [0.15, 0.2) is 18.2 Å². The molecule has 3 unspecified atom stereocenters. The van der Waals surface area contributed by atoms with E-state index >= 15 is 0 Å². The maximum absolute atomic E-state index is 11.5. The second kappa shape index (κ2) is 7.02. The molecule has 2 rings (SSSR count). The summed E-state index contributed by atoms with van der Waals surface area (Å²) in [5.41, 5.74) is 1.00. The molecule has 1 aliphatic rings. The first-order valence-electron chi connectivity index (χ1n) is 7.55. The SMILES string of the molecule is CC(C)C1CCC(C(=O)O)C(Cc2ccc(Cl)cc2Cl)C1. The number of carboxylic acid groups (broad SMARTS) is 1. The number of hydrogen-bond donors (Lipinski definition) is 1. The van der Waals surface area contributed by atoms with Crippen LogP contribution in [0, 0.1) is 23.7 Å². The first-order valence-corrected chi connectivity index (χ1v) is 8.30. The van der Waals surface area contributed by atoms with Crippen molar-refractivity contribution in [2.24, 2.45) is 23.7 Å². The average molecular weight is 329 g/mol. The molecular weight excluding hydrogens is 307 g/mol. The molecule has 3 atom stereocenters. The molecule has 1 fully saturated rings. The van der Waals surface area contributed by atoms with E-state index in [0.717, 1.165) is 31.2 Å². The Morgan fingerprint density at radius 2 is 2.05 bits per heavy atom. The molecule has 1 saturated carbocycles. The van der Waals surface area contributed by atoms with Crippen LogP contribution in [-0.4, -0.2) is 11.1 Å². The summed E-state index contributed by atoms with van der Waals surface area (Å²) in [6.45, 7) is 4.44. The van der Waals surface area contributed by atoms with E-state index in [1.807, 2.05) is 12.1 Å². The van der Waals surface area contributed by atoms with Gasteiger partial charge in [-0.2, -0.15) is 0 Å². The number of aliphatic carboxylic acids is 1. The van der Waals surface area contributed by atoms with Gasteiger partial charge in [-0.25, -0.2) is 0 Å². The van der Waals surface area contributed by atoms with Gasteiger partial charge in [0, 0.05) is 10.0 Å². The molecule has 0 radical (unpaired) electrons. The largest absolute Gasteiger partial charge is 0.481 e. The fourth-order valence-electron chi connectivity index (χ4n) is 3.43. The fraction of sp³-hybridized carbons (Fsp3) is 0.588. The molecule has 116 valence electrons. The minimum absolute atomic E-state index is 0.155. The van der Waals surface area contributed by atoms with E-state index in [0.29, 0.717) is 21.9 Å². The molecule has 0 spiro atoms. The summed E-state index contributed by atoms with van der Waals surface area (Å²) < 4.78 is 0. The van der Waals surface area contributed by atoms with E-state index in [1.165, 1.54) is 0 Å². The molecule has 0 aromatic heterocycles. The quantitative estimate of drug-likeness (QED) is 0.813. The molecule has 1 aromatic rings. The highest BCUT2D eigenvalue weighted by molar-refractivity contribution is 6.35. The lowest BCUT2D eigenvalue weighted by Crippen LogP contribution is -2.33. The Kier molecular flexibility index (Phi) is 5.56. The third-order valence-electron chi connectivity index (χ3n) is 4.78. The zero-order valence-corrected chi connectivity index (χ0v) is 14.0. The van der Waals surface area contributed by atoms with Crippen molar-refractivity contribution in [1.29, 1.82) is 0 Å². The minimum Gasteiger partial charge on any atom is -0.481 e. The number of carbonyl (C=O) groups is 1. The van der Waals surface area contributed by atoms with Crippen LogP contribution < -0.4 is 0 Å². The van der Waals surface area contributed by atoms with Gasteiger partial charge in [-0.15, -0.1) is 0 Å². The molecule has 1 N–H and O–H groups in total. The average Bonchev–Trinajstić information content (AvgIpc) is 2.41. The van der Waals surface area contributed by atoms with Crippen molar-refractivity contribution in [2.75, 3.05) is 0 Å². The summed E-state index contributed by atoms with van der Waals surface area (Å²) in [4.78, 5) is 11.5. The van der Waals surface area contributed by atoms with Crippen molar-refractivity contribution >= 4 is 29.2 Å². The van der Waals surface area contributed by atoms with Gasteiger partial charge >= 0.3 is 5.97 Å². The predicted octanol–water partition coefficient (Wildman–Crippen LogP) is 5.31. The van der Waals surface area contributed by atoms with E-state index in [4.69, 9.17) is 23.2 Å². The molecule has 0 aliphatic heterocycles. The van der Waals surface area contributed by atoms with Gasteiger partial charge in [-0.3, -0.25) is 4.79 Å². The van der Waals surface area contributed by atoms with Crippen LogP contribution in [0.25, 0.3) is 0 Å². The van der Waals surface area contributed by atoms with E-state index in [1.54, 1.807) is 6.07 Å². The summed E-state index contributed by atoms with van der Waals surface area (Å²) in [7, 11) is 0. The molecule has 1 aromatic carbocycles. The molecule has 0 bridgehead atoms. The Labute approximate surface area is 136 Å². The normalized spacial score (nSPS) is 26.0. The number of hydrogen-bond acceptors (Lipinski definition) is 1. The van der Waals surface area contributed by atoms with E-state index in [9.17, 15) is 9.90 Å². The van der Waals surface area contributed by atoms with Gasteiger partial charge in [0.05, 0.1) is 5.92 Å². The van der Waals surface area contributed by atoms with Crippen LogP contribution >= 0.6 is 23.2 Å². The standard InChI is InChI=1S/C17H22Cl2O2/c1-10(2)11-4-6-15(17(20)21)13(7-11)8-12-3-5-14(18)9-16(12)19/h3,5,9-11,13,15H,4,6-8H2,1-2H3,(H,20,21). The highest BCUT2D eigenvalue weighted by Gasteiger charge is 2.36. The highest BCUT2D eigenvalue weighted by atomic mass is 35.5. The molecular formula is C17H22Cl2O2. The van der Waals surface area contributed by atoms with Gasteiger partial charge in [0.15, 0.2) is 0 Å². The van der Waals surface area contributed by atoms with Crippen molar-refractivity contribution in [3.63, 3.8) is 0 Å². The second-order valence-corrected chi connectivity index (χ2v) is 7.31. The summed E-state index contributed by atoms with van der Waals surface area (Å²) in [6, 6.07) is 5.47. The lowest BCUT2D eigenvalue weighted by atomic mass is 9.69. The number of halogens is 2. The Bertz CT molecular complexity index is 514. The summed E-state index contributed by atoms with van der Waals surface area (Å²) in [6.07, 6.45) is 3.47. The molecule has 0 amide bonds. The summed E-state index contributed by atoms with van der Waals surface area (Å²) in [5, 5.41) is 10.7. The number of carboxylic acids is 1. The van der Waals surface area contributed by atoms with Gasteiger partial charge in [0.25, 0.3) is 0 Å². The maximum atomic E-state index is 11.5. The van der Waals surface area contributed by atoms with Crippen LogP contribution in [0.3, 0.4) is 0 Å². The highest BCUT2D eigenvalue weighted by Crippen LogP contribution is 2.40. The van der Waals surface area contributed by atoms with Crippen LogP contribution in [0.1, 0.15) is 38.7 Å². The zero-order valence-electron chi connectivity index (χ0n) is 12.5. The molecule has 0 heterocycles. The van der Waals surface area contributed by atoms with Crippen molar-refractivity contribution < 1.29 is 9.90 Å². The molecule has 21 heavy (non-hydrogen) atoms. The Morgan fingerprint density at radius 1 is 1.33 bits per heavy atom. The Balaban J connectivity index is 2.17. The van der Waals surface area contributed by atoms with E-state index in [-0.39, 0.29) is 11.8 Å². The Hall–Kier alpha value is -0.730. The maximum Gasteiger partial charge on any atom is 0.306 e. The summed E-state index contributed by atoms with van der Waals surface area (Å²) in [5.74, 6) is 0.431. The van der Waals surface area contributed by atoms with Gasteiger partial charge in [-0.1, -0.05) is 43.1 Å². The smallest absolute Gasteiger partial charge is 0.306 e. The topological polar surface area (TPSA) is 37.3 Å². The van der Waals surface area contributed by atoms with Crippen molar-refractivity contribution in [3.8, 4) is 0 Å². The molecule has 0 saturated heterocycles. The monoisotopic (exact) mass is 328 g/mol. The van der Waals surface area contributed by atoms with Gasteiger partial charge in [-0.05, 0) is 61.1 Å². The van der Waals surface area contributed by atoms with E-state index in [2.05, 4.69) is 13.8 Å². The van der Waals surface area contributed by atoms with Crippen molar-refractivity contribution in [1.82, 2.24) is 0 Å². The molecule has 1 aliphatic carbocycles. The third kappa shape index (κ3) is 4.14. The lowest BCUT2D eigenvalue weighted by molar-refractivity contribution is -0.145. The van der Waals surface area contributed by atoms with Gasteiger partial charge in [0.2, 0.25) is 0 Å². The van der Waals surface area contributed by atoms with E-state index < -0.39 is 5.97 Å². The van der Waals surface area contributed by atoms with Crippen LogP contribution in [0.5, 0.6) is 0 Å². The fourth-order valence-corrected chi connectivity index (χ4v) is 3.91. The van der Waals surface area contributed by atoms with Gasteiger partial charge < -0.3 is 5.11 Å². The van der Waals surface area contributed by atoms with Crippen LogP contribution in [-0.2, 0) is 11.2 Å². The number of benzene rings is 1. The Morgan fingerprint density at radius 3 is 2.62 bits per heavy atom. The number of rotatable bonds is 4.